The Morgan fingerprint density at radius 1 is 0.800 bits per heavy atom. The summed E-state index contributed by atoms with van der Waals surface area (Å²) in [5.74, 6) is 1.66. The van der Waals surface area contributed by atoms with Crippen LogP contribution in [0.5, 0.6) is 11.5 Å². The maximum Gasteiger partial charge on any atom is 0.231 e. The smallest absolute Gasteiger partial charge is 0.231 e. The van der Waals surface area contributed by atoms with Gasteiger partial charge in [0.1, 0.15) is 0 Å². The maximum atomic E-state index is 5.75. The number of fused-ring (bicyclic) bond motifs is 1. The minimum Gasteiger partial charge on any atom is -0.454 e. The number of hydrogen-bond acceptors (Lipinski definition) is 5. The van der Waals surface area contributed by atoms with E-state index in [0.717, 1.165) is 43.8 Å². The van der Waals surface area contributed by atoms with Gasteiger partial charge in [-0.05, 0) is 36.1 Å². The van der Waals surface area contributed by atoms with E-state index < -0.39 is 0 Å². The van der Waals surface area contributed by atoms with Gasteiger partial charge in [-0.25, -0.2) is 0 Å². The van der Waals surface area contributed by atoms with E-state index in [1.807, 2.05) is 6.07 Å². The number of unbranched alkanes of at least 4 members (excludes halogenated alkanes) is 1. The first-order valence-electron chi connectivity index (χ1n) is 8.99. The first-order valence-corrected chi connectivity index (χ1v) is 8.99. The molecule has 1 aromatic carbocycles. The van der Waals surface area contributed by atoms with Crippen LogP contribution in [0, 0.1) is 39.9 Å². The largest absolute Gasteiger partial charge is 0.454 e. The molecule has 140 valence electrons. The van der Waals surface area contributed by atoms with E-state index in [-0.39, 0.29) is 39.9 Å². The Hall–Kier alpha value is 0.0247. The zero-order valence-electron chi connectivity index (χ0n) is 15.5. The van der Waals surface area contributed by atoms with Crippen LogP contribution in [-0.4, -0.2) is 39.8 Å². The van der Waals surface area contributed by atoms with Crippen molar-refractivity contribution < 1.29 is 63.6 Å². The standard InChI is InChI=1S/C19H30O5.Th/c1-3-5-7-20-8-9-21-10-11-22-14-17-13-19-18(23-15-24-19)12-16(17)6-4-2;/h12-13H,3-11,14-15H2,1-2H3;. The summed E-state index contributed by atoms with van der Waals surface area (Å²) in [6, 6.07) is 4.12. The third kappa shape index (κ3) is 8.50. The molecular formula is C19H30O5Th. The number of aryl methyl sites for hydroxylation is 1. The number of rotatable bonds is 13. The van der Waals surface area contributed by atoms with Crippen molar-refractivity contribution >= 4 is 0 Å². The molecule has 25 heavy (non-hydrogen) atoms. The first-order chi connectivity index (χ1) is 11.8. The molecule has 0 unspecified atom stereocenters. The Labute approximate surface area is 183 Å². The summed E-state index contributed by atoms with van der Waals surface area (Å²) in [7, 11) is 0. The second-order valence-corrected chi connectivity index (χ2v) is 5.86. The molecule has 0 aliphatic carbocycles. The van der Waals surface area contributed by atoms with E-state index in [1.54, 1.807) is 0 Å². The average Bonchev–Trinajstić information content (AvgIpc) is 3.04. The van der Waals surface area contributed by atoms with Crippen LogP contribution < -0.4 is 9.47 Å². The van der Waals surface area contributed by atoms with Gasteiger partial charge in [0, 0.05) is 46.5 Å². The van der Waals surface area contributed by atoms with Gasteiger partial charge in [0.15, 0.2) is 11.5 Å². The third-order valence-electron chi connectivity index (χ3n) is 3.86. The van der Waals surface area contributed by atoms with E-state index in [1.165, 1.54) is 11.1 Å². The fourth-order valence-corrected chi connectivity index (χ4v) is 2.53. The van der Waals surface area contributed by atoms with E-state index >= 15 is 0 Å². The summed E-state index contributed by atoms with van der Waals surface area (Å²) >= 11 is 0. The van der Waals surface area contributed by atoms with Crippen LogP contribution in [0.1, 0.15) is 44.2 Å². The first kappa shape index (κ1) is 23.1. The SMILES string of the molecule is CCCCOCCOCCOCc1cc2c(cc1CCC)OCO2.[Th]. The van der Waals surface area contributed by atoms with Crippen LogP contribution in [0.2, 0.25) is 0 Å². The van der Waals surface area contributed by atoms with Gasteiger partial charge in [-0.3, -0.25) is 0 Å². The molecule has 1 aliphatic heterocycles. The van der Waals surface area contributed by atoms with E-state index in [4.69, 9.17) is 23.7 Å². The van der Waals surface area contributed by atoms with Crippen LogP contribution in [0.25, 0.3) is 0 Å². The summed E-state index contributed by atoms with van der Waals surface area (Å²) in [4.78, 5) is 0. The Balaban J connectivity index is 0.00000312. The Bertz CT molecular complexity index is 481. The zero-order chi connectivity index (χ0) is 17.0. The Morgan fingerprint density at radius 2 is 1.40 bits per heavy atom. The summed E-state index contributed by atoms with van der Waals surface area (Å²) in [5, 5.41) is 0. The topological polar surface area (TPSA) is 46.2 Å². The van der Waals surface area contributed by atoms with Gasteiger partial charge >= 0.3 is 0 Å². The second kappa shape index (κ2) is 14.1. The fourth-order valence-electron chi connectivity index (χ4n) is 2.53. The second-order valence-electron chi connectivity index (χ2n) is 5.86. The van der Waals surface area contributed by atoms with Gasteiger partial charge < -0.3 is 23.7 Å². The quantitative estimate of drug-likeness (QED) is 0.339. The number of hydrogen-bond donors (Lipinski definition) is 0. The van der Waals surface area contributed by atoms with E-state index in [0.29, 0.717) is 39.8 Å². The molecule has 1 heterocycles. The normalized spacial score (nSPS) is 12.2. The molecule has 0 aromatic heterocycles. The number of ether oxygens (including phenoxy) is 5. The molecule has 0 N–H and O–H groups in total. The van der Waals surface area contributed by atoms with Crippen LogP contribution in [0.15, 0.2) is 12.1 Å². The van der Waals surface area contributed by atoms with E-state index in [2.05, 4.69) is 19.9 Å². The number of benzene rings is 1. The fraction of sp³-hybridized carbons (Fsp3) is 0.684. The molecule has 1 aromatic rings. The van der Waals surface area contributed by atoms with Crippen molar-refractivity contribution in [1.29, 1.82) is 0 Å². The summed E-state index contributed by atoms with van der Waals surface area (Å²) in [6.07, 6.45) is 4.38. The van der Waals surface area contributed by atoms with Crippen LogP contribution in [0.3, 0.4) is 0 Å². The molecule has 0 amide bonds. The summed E-state index contributed by atoms with van der Waals surface area (Å²) < 4.78 is 27.6. The molecule has 0 spiro atoms. The molecule has 1 aliphatic rings. The molecular weight excluding hydrogens is 540 g/mol. The Kier molecular flexibility index (Phi) is 13.0. The molecule has 5 nitrogen and oxygen atoms in total. The predicted octanol–water partition coefficient (Wildman–Crippen LogP) is 3.72. The molecule has 0 bridgehead atoms. The van der Waals surface area contributed by atoms with Gasteiger partial charge in [0.25, 0.3) is 0 Å². The molecule has 0 atom stereocenters. The van der Waals surface area contributed by atoms with Crippen LogP contribution >= 0.6 is 0 Å². The van der Waals surface area contributed by atoms with Gasteiger partial charge in [-0.1, -0.05) is 26.7 Å². The average molecular weight is 570 g/mol. The van der Waals surface area contributed by atoms with Crippen molar-refractivity contribution in [2.24, 2.45) is 0 Å². The molecule has 0 saturated carbocycles. The van der Waals surface area contributed by atoms with Crippen molar-refractivity contribution in [1.82, 2.24) is 0 Å². The van der Waals surface area contributed by atoms with Crippen molar-refractivity contribution in [3.8, 4) is 11.5 Å². The molecule has 0 fully saturated rings. The van der Waals surface area contributed by atoms with Crippen molar-refractivity contribution in [2.45, 2.75) is 46.1 Å². The maximum absolute atomic E-state index is 5.75. The molecule has 0 saturated heterocycles. The molecule has 0 radical (unpaired) electrons. The van der Waals surface area contributed by atoms with Gasteiger partial charge in [-0.2, -0.15) is 0 Å². The zero-order valence-corrected chi connectivity index (χ0v) is 19.6. The van der Waals surface area contributed by atoms with Gasteiger partial charge in [0.05, 0.1) is 33.0 Å². The van der Waals surface area contributed by atoms with Crippen molar-refractivity contribution in [3.63, 3.8) is 0 Å². The third-order valence-corrected chi connectivity index (χ3v) is 3.86. The summed E-state index contributed by atoms with van der Waals surface area (Å²) in [5.41, 5.74) is 2.44. The van der Waals surface area contributed by atoms with E-state index in [9.17, 15) is 0 Å². The monoisotopic (exact) mass is 570 g/mol. The van der Waals surface area contributed by atoms with Crippen molar-refractivity contribution in [3.05, 3.63) is 23.3 Å². The van der Waals surface area contributed by atoms with Crippen LogP contribution in [-0.2, 0) is 27.2 Å². The predicted molar refractivity (Wildman–Crippen MR) is 92.8 cm³/mol. The van der Waals surface area contributed by atoms with Gasteiger partial charge in [0.2, 0.25) is 6.79 Å². The van der Waals surface area contributed by atoms with Crippen LogP contribution in [0.4, 0.5) is 0 Å². The van der Waals surface area contributed by atoms with Gasteiger partial charge in [-0.15, -0.1) is 0 Å². The minimum atomic E-state index is 0. The molecule has 6 heteroatoms. The van der Waals surface area contributed by atoms with Crippen molar-refractivity contribution in [2.75, 3.05) is 39.8 Å². The Morgan fingerprint density at radius 3 is 2.04 bits per heavy atom. The molecule has 2 rings (SSSR count). The summed E-state index contributed by atoms with van der Waals surface area (Å²) in [6.45, 7) is 8.47. The minimum absolute atomic E-state index is 0.